The fourth-order valence-electron chi connectivity index (χ4n) is 5.71. The van der Waals surface area contributed by atoms with Crippen LogP contribution in [0.3, 0.4) is 0 Å². The van der Waals surface area contributed by atoms with E-state index < -0.39 is 0 Å². The first-order valence-corrected chi connectivity index (χ1v) is 12.8. The number of aromatic nitrogens is 1. The quantitative estimate of drug-likeness (QED) is 0.496. The van der Waals surface area contributed by atoms with Gasteiger partial charge in [-0.2, -0.15) is 0 Å². The standard InChI is InChI=1S/C29H35N3O3/c1-35-17-16-31-19-23(25-7-4-5-9-27(25)31)12-15-28(33)30-24-13-10-21(11-14-24)18-32-20-22-6-2-3-8-26(22)29(32)34/h2-9,19,21,24H,10-18,20H2,1H3,(H,30,33). The molecule has 6 nitrogen and oxygen atoms in total. The Morgan fingerprint density at radius 1 is 1.06 bits per heavy atom. The molecule has 3 aromatic rings. The van der Waals surface area contributed by atoms with Crippen LogP contribution in [0.1, 0.15) is 53.6 Å². The third-order valence-corrected chi connectivity index (χ3v) is 7.62. The van der Waals surface area contributed by atoms with Gasteiger partial charge in [0.15, 0.2) is 0 Å². The lowest BCUT2D eigenvalue weighted by Gasteiger charge is -2.31. The van der Waals surface area contributed by atoms with Crippen LogP contribution in [0.2, 0.25) is 0 Å². The second kappa shape index (κ2) is 10.6. The van der Waals surface area contributed by atoms with Gasteiger partial charge in [-0.25, -0.2) is 0 Å². The number of ether oxygens (including phenoxy) is 1. The van der Waals surface area contributed by atoms with Crippen molar-refractivity contribution in [3.8, 4) is 0 Å². The minimum absolute atomic E-state index is 0.132. The summed E-state index contributed by atoms with van der Waals surface area (Å²) >= 11 is 0. The molecule has 1 aromatic heterocycles. The molecule has 2 amide bonds. The van der Waals surface area contributed by atoms with E-state index >= 15 is 0 Å². The SMILES string of the molecule is COCCn1cc(CCC(=O)NC2CCC(CN3Cc4ccccc4C3=O)CC2)c2ccccc21. The monoisotopic (exact) mass is 473 g/mol. The number of hydrogen-bond donors (Lipinski definition) is 1. The Kier molecular flexibility index (Phi) is 7.19. The molecular formula is C29H35N3O3. The van der Waals surface area contributed by atoms with E-state index in [9.17, 15) is 9.59 Å². The van der Waals surface area contributed by atoms with Gasteiger partial charge in [0.2, 0.25) is 5.91 Å². The van der Waals surface area contributed by atoms with Gasteiger partial charge in [-0.1, -0.05) is 36.4 Å². The van der Waals surface area contributed by atoms with Crippen molar-refractivity contribution in [2.24, 2.45) is 5.92 Å². The highest BCUT2D eigenvalue weighted by molar-refractivity contribution is 5.98. The molecule has 6 heteroatoms. The molecule has 2 aromatic carbocycles. The summed E-state index contributed by atoms with van der Waals surface area (Å²) in [7, 11) is 1.72. The van der Waals surface area contributed by atoms with E-state index in [1.54, 1.807) is 7.11 Å². The Balaban J connectivity index is 1.08. The van der Waals surface area contributed by atoms with Gasteiger partial charge in [0.1, 0.15) is 0 Å². The van der Waals surface area contributed by atoms with Gasteiger partial charge >= 0.3 is 0 Å². The van der Waals surface area contributed by atoms with Crippen molar-refractivity contribution in [2.45, 2.75) is 57.7 Å². The molecule has 5 rings (SSSR count). The van der Waals surface area contributed by atoms with E-state index in [0.717, 1.165) is 62.9 Å². The number of aryl methyl sites for hydroxylation is 1. The van der Waals surface area contributed by atoms with E-state index in [2.05, 4.69) is 46.4 Å². The summed E-state index contributed by atoms with van der Waals surface area (Å²) in [5, 5.41) is 4.49. The molecule has 0 bridgehead atoms. The number of carbonyl (C=O) groups excluding carboxylic acids is 2. The van der Waals surface area contributed by atoms with Crippen molar-refractivity contribution >= 4 is 22.7 Å². The zero-order valence-electron chi connectivity index (χ0n) is 20.5. The number of nitrogens with one attached hydrogen (secondary N) is 1. The lowest BCUT2D eigenvalue weighted by molar-refractivity contribution is -0.122. The molecule has 0 saturated heterocycles. The fourth-order valence-corrected chi connectivity index (χ4v) is 5.71. The molecule has 0 unspecified atom stereocenters. The maximum Gasteiger partial charge on any atom is 0.254 e. The summed E-state index contributed by atoms with van der Waals surface area (Å²) in [4.78, 5) is 27.4. The van der Waals surface area contributed by atoms with Gasteiger partial charge in [-0.05, 0) is 61.3 Å². The summed E-state index contributed by atoms with van der Waals surface area (Å²) in [5.74, 6) is 0.812. The number of amides is 2. The third kappa shape index (κ3) is 5.27. The molecule has 0 atom stereocenters. The van der Waals surface area contributed by atoms with Crippen LogP contribution in [0.25, 0.3) is 10.9 Å². The number of rotatable bonds is 9. The number of hydrogen-bond acceptors (Lipinski definition) is 3. The lowest BCUT2D eigenvalue weighted by atomic mass is 9.85. The van der Waals surface area contributed by atoms with Gasteiger partial charge in [0.05, 0.1) is 6.61 Å². The van der Waals surface area contributed by atoms with Crippen LogP contribution in [-0.4, -0.2) is 47.6 Å². The lowest BCUT2D eigenvalue weighted by Crippen LogP contribution is -2.40. The minimum Gasteiger partial charge on any atom is -0.383 e. The number of carbonyl (C=O) groups is 2. The average Bonchev–Trinajstić information content (AvgIpc) is 3.40. The largest absolute Gasteiger partial charge is 0.383 e. The number of methoxy groups -OCH3 is 1. The van der Waals surface area contributed by atoms with Crippen LogP contribution in [0.5, 0.6) is 0 Å². The summed E-state index contributed by atoms with van der Waals surface area (Å²) in [6.07, 6.45) is 7.48. The zero-order chi connectivity index (χ0) is 24.2. The molecular weight excluding hydrogens is 438 g/mol. The number of fused-ring (bicyclic) bond motifs is 2. The molecule has 2 aliphatic rings. The fraction of sp³-hybridized carbons (Fsp3) is 0.448. The smallest absolute Gasteiger partial charge is 0.254 e. The second-order valence-electron chi connectivity index (χ2n) is 9.99. The Hall–Kier alpha value is -3.12. The molecule has 1 aliphatic carbocycles. The molecule has 1 aliphatic heterocycles. The van der Waals surface area contributed by atoms with E-state index in [-0.39, 0.29) is 17.9 Å². The summed E-state index contributed by atoms with van der Waals surface area (Å²) in [5.41, 5.74) is 4.40. The van der Waals surface area contributed by atoms with Crippen LogP contribution < -0.4 is 5.32 Å². The predicted molar refractivity (Wildman–Crippen MR) is 137 cm³/mol. The molecule has 1 N–H and O–H groups in total. The van der Waals surface area contributed by atoms with Crippen LogP contribution in [0, 0.1) is 5.92 Å². The molecule has 1 saturated carbocycles. The second-order valence-corrected chi connectivity index (χ2v) is 9.99. The molecule has 184 valence electrons. The topological polar surface area (TPSA) is 63.6 Å². The van der Waals surface area contributed by atoms with Crippen LogP contribution in [0.4, 0.5) is 0 Å². The molecule has 0 radical (unpaired) electrons. The van der Waals surface area contributed by atoms with Crippen molar-refractivity contribution in [1.29, 1.82) is 0 Å². The molecule has 2 heterocycles. The highest BCUT2D eigenvalue weighted by Crippen LogP contribution is 2.29. The highest BCUT2D eigenvalue weighted by Gasteiger charge is 2.30. The van der Waals surface area contributed by atoms with Crippen LogP contribution in [0.15, 0.2) is 54.7 Å². The van der Waals surface area contributed by atoms with Gasteiger partial charge in [0.25, 0.3) is 5.91 Å². The molecule has 35 heavy (non-hydrogen) atoms. The van der Waals surface area contributed by atoms with Gasteiger partial charge in [-0.15, -0.1) is 0 Å². The van der Waals surface area contributed by atoms with E-state index in [1.165, 1.54) is 16.5 Å². The molecule has 1 fully saturated rings. The average molecular weight is 474 g/mol. The van der Waals surface area contributed by atoms with Crippen molar-refractivity contribution in [3.05, 3.63) is 71.4 Å². The number of para-hydroxylation sites is 1. The van der Waals surface area contributed by atoms with E-state index in [4.69, 9.17) is 4.74 Å². The van der Waals surface area contributed by atoms with Crippen LogP contribution >= 0.6 is 0 Å². The first-order valence-electron chi connectivity index (χ1n) is 12.8. The number of benzene rings is 2. The van der Waals surface area contributed by atoms with Crippen molar-refractivity contribution in [1.82, 2.24) is 14.8 Å². The predicted octanol–water partition coefficient (Wildman–Crippen LogP) is 4.55. The first kappa shape index (κ1) is 23.6. The third-order valence-electron chi connectivity index (χ3n) is 7.62. The Morgan fingerprint density at radius 2 is 1.83 bits per heavy atom. The first-order chi connectivity index (χ1) is 17.1. The van der Waals surface area contributed by atoms with Gasteiger partial charge < -0.3 is 19.5 Å². The van der Waals surface area contributed by atoms with Crippen molar-refractivity contribution in [3.63, 3.8) is 0 Å². The maximum absolute atomic E-state index is 12.7. The Labute approximate surface area is 207 Å². The van der Waals surface area contributed by atoms with E-state index in [1.807, 2.05) is 23.1 Å². The summed E-state index contributed by atoms with van der Waals surface area (Å²) in [6, 6.07) is 16.5. The van der Waals surface area contributed by atoms with Crippen molar-refractivity contribution in [2.75, 3.05) is 20.3 Å². The normalized spacial score (nSPS) is 19.8. The van der Waals surface area contributed by atoms with E-state index in [0.29, 0.717) is 18.9 Å². The van der Waals surface area contributed by atoms with Gasteiger partial charge in [-0.3, -0.25) is 9.59 Å². The van der Waals surface area contributed by atoms with Gasteiger partial charge in [0, 0.05) is 61.9 Å². The number of nitrogens with zero attached hydrogens (tertiary/aromatic N) is 2. The molecule has 0 spiro atoms. The Bertz CT molecular complexity index is 1190. The summed E-state index contributed by atoms with van der Waals surface area (Å²) < 4.78 is 7.47. The Morgan fingerprint density at radius 3 is 2.63 bits per heavy atom. The van der Waals surface area contributed by atoms with Crippen LogP contribution in [-0.2, 0) is 29.0 Å². The maximum atomic E-state index is 12.7. The minimum atomic E-state index is 0.132. The summed E-state index contributed by atoms with van der Waals surface area (Å²) in [6.45, 7) is 3.02. The van der Waals surface area contributed by atoms with Crippen molar-refractivity contribution < 1.29 is 14.3 Å². The highest BCUT2D eigenvalue weighted by atomic mass is 16.5. The zero-order valence-corrected chi connectivity index (χ0v) is 20.5.